The molecule has 0 amide bonds. The molecule has 52 heavy (non-hydrogen) atoms. The van der Waals surface area contributed by atoms with Crippen molar-refractivity contribution in [1.29, 1.82) is 0 Å². The summed E-state index contributed by atoms with van der Waals surface area (Å²) in [4.78, 5) is 53.9. The second kappa shape index (κ2) is 14.8. The van der Waals surface area contributed by atoms with E-state index in [0.29, 0.717) is 17.8 Å². The highest BCUT2D eigenvalue weighted by Gasteiger charge is 2.24. The Kier molecular flexibility index (Phi) is 10.2. The molecule has 0 spiro atoms. The third-order valence-electron chi connectivity index (χ3n) is 10.2. The Morgan fingerprint density at radius 2 is 1.21 bits per heavy atom. The van der Waals surface area contributed by atoms with Crippen LogP contribution in [0.1, 0.15) is 98.4 Å². The average molecular weight is 702 g/mol. The number of esters is 2. The van der Waals surface area contributed by atoms with E-state index in [-0.39, 0.29) is 36.7 Å². The zero-order valence-electron chi connectivity index (χ0n) is 30.7. The summed E-state index contributed by atoms with van der Waals surface area (Å²) in [5, 5.41) is 11.5. The van der Waals surface area contributed by atoms with Gasteiger partial charge in [-0.15, -0.1) is 0 Å². The summed E-state index contributed by atoms with van der Waals surface area (Å²) in [6, 6.07) is 14.1. The number of aromatic amines is 2. The molecule has 0 unspecified atom stereocenters. The van der Waals surface area contributed by atoms with Gasteiger partial charge in [-0.05, 0) is 128 Å². The lowest BCUT2D eigenvalue weighted by molar-refractivity contribution is -0.385. The third kappa shape index (κ3) is 6.90. The molecule has 2 N–H and O–H groups in total. The Morgan fingerprint density at radius 1 is 0.712 bits per heavy atom. The maximum atomic E-state index is 13.1. The topological polar surface area (TPSA) is 153 Å². The molecule has 268 valence electrons. The fraction of sp³-hybridized carbons (Fsp3) is 0.317. The first-order chi connectivity index (χ1) is 24.9. The van der Waals surface area contributed by atoms with Gasteiger partial charge in [0.2, 0.25) is 5.75 Å². The minimum absolute atomic E-state index is 0.0323. The molecule has 1 aromatic carbocycles. The second-order valence-electron chi connectivity index (χ2n) is 13.1. The van der Waals surface area contributed by atoms with Crippen LogP contribution in [-0.2, 0) is 27.2 Å². The van der Waals surface area contributed by atoms with E-state index in [4.69, 9.17) is 19.4 Å². The summed E-state index contributed by atoms with van der Waals surface area (Å²) < 4.78 is 10.4. The Labute approximate surface area is 302 Å². The van der Waals surface area contributed by atoms with Gasteiger partial charge >= 0.3 is 17.6 Å². The molecule has 0 atom stereocenters. The highest BCUT2D eigenvalue weighted by molar-refractivity contribution is 5.96. The maximum Gasteiger partial charge on any atom is 0.311 e. The van der Waals surface area contributed by atoms with Gasteiger partial charge in [0.15, 0.2) is 0 Å². The number of carbonyl (C=O) groups is 2. The van der Waals surface area contributed by atoms with E-state index in [2.05, 4.69) is 55.9 Å². The fourth-order valence-electron chi connectivity index (χ4n) is 7.18. The predicted molar refractivity (Wildman–Crippen MR) is 203 cm³/mol. The molecule has 11 nitrogen and oxygen atoms in total. The number of para-hydroxylation sites is 2. The molecule has 0 fully saturated rings. The van der Waals surface area contributed by atoms with E-state index >= 15 is 0 Å². The molecular weight excluding hydrogens is 658 g/mol. The number of methoxy groups -OCH3 is 1. The molecule has 11 heteroatoms. The molecule has 3 aromatic heterocycles. The summed E-state index contributed by atoms with van der Waals surface area (Å²) in [6.07, 6.45) is 2.54. The number of ether oxygens (including phenoxy) is 2. The molecule has 6 rings (SSSR count). The van der Waals surface area contributed by atoms with Crippen molar-refractivity contribution in [3.8, 4) is 5.75 Å². The third-order valence-corrected chi connectivity index (χ3v) is 10.2. The lowest BCUT2D eigenvalue weighted by atomic mass is 9.98. The fourth-order valence-corrected chi connectivity index (χ4v) is 7.18. The van der Waals surface area contributed by atoms with Crippen LogP contribution in [0.2, 0.25) is 0 Å². The van der Waals surface area contributed by atoms with Crippen molar-refractivity contribution in [2.75, 3.05) is 7.11 Å². The molecule has 2 aliphatic rings. The van der Waals surface area contributed by atoms with E-state index in [0.717, 1.165) is 74.2 Å². The number of rotatable bonds is 10. The van der Waals surface area contributed by atoms with Crippen molar-refractivity contribution >= 4 is 62.0 Å². The average Bonchev–Trinajstić information content (AvgIpc) is 3.78. The Balaban J connectivity index is 1.55. The first-order valence-corrected chi connectivity index (χ1v) is 17.6. The number of hydrogen-bond acceptors (Lipinski definition) is 8. The zero-order chi connectivity index (χ0) is 37.3. The standard InChI is InChI=1S/C41H43N5O6/c1-8-26-22(3)30-18-31-24(5)28(14-16-40(47)51-7)36(44-31)21-37-29(15-17-41(48)52-39-13-11-10-12-38(39)46(49)50)25(6)33(45-37)20-35-27(9-2)23(4)32(43-35)19-34(26)42-30/h10-13,18-21,42-43H,8-9,14-17H2,1-7H3. The van der Waals surface area contributed by atoms with E-state index < -0.39 is 10.9 Å². The van der Waals surface area contributed by atoms with Crippen molar-refractivity contribution in [1.82, 2.24) is 19.9 Å². The van der Waals surface area contributed by atoms with E-state index in [1.54, 1.807) is 6.07 Å². The highest BCUT2D eigenvalue weighted by Crippen LogP contribution is 2.38. The van der Waals surface area contributed by atoms with Gasteiger partial charge in [-0.3, -0.25) is 19.7 Å². The molecule has 5 heterocycles. The number of nitro benzene ring substituents is 1. The molecule has 0 saturated heterocycles. The summed E-state index contributed by atoms with van der Waals surface area (Å²) in [5.74, 6) is -1.00. The summed E-state index contributed by atoms with van der Waals surface area (Å²) in [6.45, 7) is 12.6. The van der Waals surface area contributed by atoms with Gasteiger partial charge in [0.25, 0.3) is 0 Å². The number of nitro groups is 1. The molecule has 0 saturated carbocycles. The largest absolute Gasteiger partial charge is 0.469 e. The number of benzene rings is 1. The van der Waals surface area contributed by atoms with Gasteiger partial charge in [0.05, 0.1) is 41.2 Å². The second-order valence-corrected chi connectivity index (χ2v) is 13.1. The number of hydrogen-bond donors (Lipinski definition) is 2. The van der Waals surface area contributed by atoms with Crippen LogP contribution in [0.25, 0.3) is 44.4 Å². The van der Waals surface area contributed by atoms with Gasteiger partial charge in [0.1, 0.15) is 0 Å². The maximum absolute atomic E-state index is 13.1. The van der Waals surface area contributed by atoms with E-state index in [1.807, 2.05) is 19.9 Å². The first-order valence-electron chi connectivity index (χ1n) is 17.6. The predicted octanol–water partition coefficient (Wildman–Crippen LogP) is 9.17. The highest BCUT2D eigenvalue weighted by atomic mass is 16.6. The van der Waals surface area contributed by atoms with Crippen LogP contribution in [0.3, 0.4) is 0 Å². The molecule has 0 radical (unpaired) electrons. The van der Waals surface area contributed by atoms with Crippen molar-refractivity contribution in [3.63, 3.8) is 0 Å². The van der Waals surface area contributed by atoms with Crippen LogP contribution < -0.4 is 4.74 Å². The molecule has 8 bridgehead atoms. The Bertz CT molecular complexity index is 2360. The van der Waals surface area contributed by atoms with Gasteiger partial charge in [0, 0.05) is 34.6 Å². The van der Waals surface area contributed by atoms with Crippen LogP contribution in [0.15, 0.2) is 48.5 Å². The van der Waals surface area contributed by atoms with Gasteiger partial charge in [-0.1, -0.05) is 26.0 Å². The van der Waals surface area contributed by atoms with Crippen LogP contribution in [0, 0.1) is 24.0 Å². The van der Waals surface area contributed by atoms with Crippen LogP contribution >= 0.6 is 0 Å². The van der Waals surface area contributed by atoms with Crippen LogP contribution in [-0.4, -0.2) is 43.9 Å². The monoisotopic (exact) mass is 701 g/mol. The molecule has 2 aliphatic heterocycles. The minimum atomic E-state index is -0.594. The van der Waals surface area contributed by atoms with Gasteiger partial charge in [-0.2, -0.15) is 0 Å². The normalized spacial score (nSPS) is 12.8. The van der Waals surface area contributed by atoms with Gasteiger partial charge < -0.3 is 19.4 Å². The van der Waals surface area contributed by atoms with Gasteiger partial charge in [-0.25, -0.2) is 9.97 Å². The number of allylic oxidation sites excluding steroid dienone is 4. The van der Waals surface area contributed by atoms with E-state index in [9.17, 15) is 19.7 Å². The van der Waals surface area contributed by atoms with Crippen molar-refractivity contribution < 1.29 is 24.0 Å². The molecule has 4 aromatic rings. The molecular formula is C41H43N5O6. The number of H-pyrrole nitrogens is 2. The van der Waals surface area contributed by atoms with Crippen molar-refractivity contribution in [2.45, 2.75) is 80.1 Å². The lowest BCUT2D eigenvalue weighted by Crippen LogP contribution is -2.09. The number of aromatic nitrogens is 4. The lowest BCUT2D eigenvalue weighted by Gasteiger charge is -2.07. The minimum Gasteiger partial charge on any atom is -0.469 e. The SMILES string of the molecule is CCc1c(C)c2cc3[nH]c(cc4nc(cc5nc(cc1[nH]2)C(C)=C5CCC(=O)Oc1ccccc1[N+](=O)[O-])C(CCC(=O)OC)=C4C)c(C)c3CC. The smallest absolute Gasteiger partial charge is 0.311 e. The zero-order valence-corrected chi connectivity index (χ0v) is 30.7. The van der Waals surface area contributed by atoms with Crippen LogP contribution in [0.4, 0.5) is 5.69 Å². The number of carbonyl (C=O) groups excluding carboxylic acids is 2. The van der Waals surface area contributed by atoms with Crippen LogP contribution in [0.5, 0.6) is 5.75 Å². The first kappa shape index (κ1) is 36.0. The Hall–Kier alpha value is -5.84. The number of aryl methyl sites for hydroxylation is 4. The number of fused-ring (bicyclic) bond motifs is 8. The summed E-state index contributed by atoms with van der Waals surface area (Å²) in [7, 11) is 1.38. The Morgan fingerprint density at radius 3 is 1.75 bits per heavy atom. The summed E-state index contributed by atoms with van der Waals surface area (Å²) in [5.41, 5.74) is 14.9. The van der Waals surface area contributed by atoms with Crippen molar-refractivity contribution in [3.05, 3.63) is 104 Å². The number of nitrogens with zero attached hydrogens (tertiary/aromatic N) is 3. The molecule has 0 aliphatic carbocycles. The van der Waals surface area contributed by atoms with Crippen molar-refractivity contribution in [2.24, 2.45) is 0 Å². The van der Waals surface area contributed by atoms with E-state index in [1.165, 1.54) is 42.0 Å². The quantitative estimate of drug-likeness (QED) is 0.0718. The summed E-state index contributed by atoms with van der Waals surface area (Å²) >= 11 is 0. The number of nitrogens with one attached hydrogen (secondary N) is 2.